The summed E-state index contributed by atoms with van der Waals surface area (Å²) in [7, 11) is 0. The number of rotatable bonds is 6. The van der Waals surface area contributed by atoms with Crippen molar-refractivity contribution >= 4 is 11.6 Å². The van der Waals surface area contributed by atoms with E-state index >= 15 is 0 Å². The third-order valence-electron chi connectivity index (χ3n) is 5.54. The Morgan fingerprint density at radius 2 is 2.07 bits per heavy atom. The van der Waals surface area contributed by atoms with Crippen LogP contribution in [0.15, 0.2) is 30.5 Å². The third kappa shape index (κ3) is 3.99. The quantitative estimate of drug-likeness (QED) is 0.798. The van der Waals surface area contributed by atoms with Gasteiger partial charge in [0.2, 0.25) is 0 Å². The molecule has 4 rings (SSSR count). The van der Waals surface area contributed by atoms with Gasteiger partial charge in [-0.05, 0) is 36.9 Å². The van der Waals surface area contributed by atoms with Gasteiger partial charge in [0, 0.05) is 31.9 Å². The summed E-state index contributed by atoms with van der Waals surface area (Å²) >= 11 is 0. The van der Waals surface area contributed by atoms with E-state index in [0.717, 1.165) is 64.5 Å². The van der Waals surface area contributed by atoms with E-state index in [0.29, 0.717) is 11.5 Å². The average Bonchev–Trinajstić information content (AvgIpc) is 3.13. The van der Waals surface area contributed by atoms with Gasteiger partial charge in [-0.15, -0.1) is 0 Å². The van der Waals surface area contributed by atoms with Gasteiger partial charge < -0.3 is 20.7 Å². The Hall–Kier alpha value is -2.38. The second kappa shape index (κ2) is 8.10. The van der Waals surface area contributed by atoms with Crippen LogP contribution >= 0.6 is 0 Å². The van der Waals surface area contributed by atoms with Crippen LogP contribution in [-0.2, 0) is 24.2 Å². The number of amides is 1. The maximum atomic E-state index is 11.6. The fourth-order valence-corrected chi connectivity index (χ4v) is 4.06. The molecule has 0 spiro atoms. The van der Waals surface area contributed by atoms with Crippen molar-refractivity contribution in [1.82, 2.24) is 15.1 Å². The Labute approximate surface area is 159 Å². The monoisotopic (exact) mass is 369 g/mol. The van der Waals surface area contributed by atoms with Crippen LogP contribution in [0, 0.1) is 5.92 Å². The predicted molar refractivity (Wildman–Crippen MR) is 104 cm³/mol. The molecule has 1 saturated heterocycles. The highest BCUT2D eigenvalue weighted by Gasteiger charge is 2.24. The van der Waals surface area contributed by atoms with Gasteiger partial charge in [-0.1, -0.05) is 18.2 Å². The molecule has 7 nitrogen and oxygen atoms in total. The van der Waals surface area contributed by atoms with Crippen molar-refractivity contribution in [2.24, 2.45) is 11.7 Å². The molecule has 1 atom stereocenters. The summed E-state index contributed by atoms with van der Waals surface area (Å²) in [6, 6.07) is 8.58. The summed E-state index contributed by atoms with van der Waals surface area (Å²) in [5.74, 6) is 0.104. The summed E-state index contributed by atoms with van der Waals surface area (Å²) in [5.41, 5.74) is 9.63. The van der Waals surface area contributed by atoms with Gasteiger partial charge in [0.1, 0.15) is 0 Å². The highest BCUT2D eigenvalue weighted by molar-refractivity contribution is 5.93. The molecular formula is C20H27N5O2. The van der Waals surface area contributed by atoms with E-state index in [-0.39, 0.29) is 5.91 Å². The molecule has 3 N–H and O–H groups in total. The zero-order valence-corrected chi connectivity index (χ0v) is 15.6. The van der Waals surface area contributed by atoms with Gasteiger partial charge in [-0.3, -0.25) is 9.48 Å². The van der Waals surface area contributed by atoms with Crippen LogP contribution in [0.3, 0.4) is 0 Å². The zero-order chi connectivity index (χ0) is 18.6. The number of para-hydroxylation sites is 1. The van der Waals surface area contributed by atoms with Gasteiger partial charge in [-0.2, -0.15) is 5.10 Å². The number of hydrogen-bond donors (Lipinski definition) is 2. The summed E-state index contributed by atoms with van der Waals surface area (Å²) in [4.78, 5) is 14.0. The number of hydrogen-bond acceptors (Lipinski definition) is 5. The molecule has 0 bridgehead atoms. The normalized spacial score (nSPS) is 19.7. The molecule has 144 valence electrons. The molecule has 0 radical (unpaired) electrons. The van der Waals surface area contributed by atoms with Crippen molar-refractivity contribution in [1.29, 1.82) is 0 Å². The molecule has 1 amide bonds. The van der Waals surface area contributed by atoms with Gasteiger partial charge >= 0.3 is 0 Å². The Bertz CT molecular complexity index is 797. The number of ether oxygens (including phenoxy) is 1. The maximum Gasteiger partial charge on any atom is 0.252 e. The topological polar surface area (TPSA) is 85.4 Å². The van der Waals surface area contributed by atoms with E-state index in [1.165, 1.54) is 11.3 Å². The lowest BCUT2D eigenvalue weighted by atomic mass is 9.94. The lowest BCUT2D eigenvalue weighted by molar-refractivity contribution is 0.0998. The molecule has 1 aromatic carbocycles. The summed E-state index contributed by atoms with van der Waals surface area (Å²) in [5, 5.41) is 7.90. The van der Waals surface area contributed by atoms with E-state index in [4.69, 9.17) is 10.5 Å². The largest absolute Gasteiger partial charge is 0.378 e. The number of benzene rings is 1. The summed E-state index contributed by atoms with van der Waals surface area (Å²) in [6.45, 7) is 6.07. The fraction of sp³-hybridized carbons (Fsp3) is 0.500. The number of morpholine rings is 1. The van der Waals surface area contributed by atoms with E-state index in [1.807, 2.05) is 4.68 Å². The molecule has 1 aromatic heterocycles. The number of aromatic nitrogens is 2. The molecule has 2 aliphatic heterocycles. The molecule has 27 heavy (non-hydrogen) atoms. The minimum Gasteiger partial charge on any atom is -0.378 e. The minimum atomic E-state index is -0.385. The van der Waals surface area contributed by atoms with Crippen molar-refractivity contribution < 1.29 is 9.53 Å². The first-order chi connectivity index (χ1) is 13.2. The number of carbonyl (C=O) groups excluding carboxylic acids is 1. The Morgan fingerprint density at radius 3 is 2.89 bits per heavy atom. The molecular weight excluding hydrogens is 342 g/mol. The van der Waals surface area contributed by atoms with Gasteiger partial charge in [0.05, 0.1) is 30.7 Å². The first-order valence-corrected chi connectivity index (χ1v) is 9.68. The summed E-state index contributed by atoms with van der Waals surface area (Å²) in [6.07, 6.45) is 3.51. The van der Waals surface area contributed by atoms with Crippen molar-refractivity contribution in [2.45, 2.75) is 25.9 Å². The lowest BCUT2D eigenvalue weighted by Gasteiger charge is -2.31. The molecule has 2 aromatic rings. The van der Waals surface area contributed by atoms with Crippen LogP contribution < -0.4 is 16.0 Å². The van der Waals surface area contributed by atoms with E-state index in [9.17, 15) is 4.79 Å². The van der Waals surface area contributed by atoms with Crippen LogP contribution in [0.5, 0.6) is 0 Å². The number of nitrogens with two attached hydrogens (primary N) is 1. The van der Waals surface area contributed by atoms with Crippen LogP contribution in [0.2, 0.25) is 0 Å². The van der Waals surface area contributed by atoms with Crippen LogP contribution in [0.25, 0.3) is 0 Å². The van der Waals surface area contributed by atoms with Gasteiger partial charge in [0.15, 0.2) is 0 Å². The molecule has 0 unspecified atom stereocenters. The molecule has 2 aliphatic rings. The van der Waals surface area contributed by atoms with Gasteiger partial charge in [0.25, 0.3) is 5.91 Å². The highest BCUT2D eigenvalue weighted by Crippen LogP contribution is 2.24. The number of carbonyl (C=O) groups is 1. The number of primary amides is 1. The number of aryl methyl sites for hydroxylation is 1. The smallest absolute Gasteiger partial charge is 0.252 e. The Balaban J connectivity index is 1.35. The number of anilines is 1. The molecule has 3 heterocycles. The van der Waals surface area contributed by atoms with Crippen LogP contribution in [0.1, 0.15) is 28.0 Å². The molecule has 0 aliphatic carbocycles. The van der Waals surface area contributed by atoms with Crippen molar-refractivity contribution in [3.63, 3.8) is 0 Å². The zero-order valence-electron chi connectivity index (χ0n) is 15.6. The molecule has 0 saturated carbocycles. The maximum absolute atomic E-state index is 11.6. The first kappa shape index (κ1) is 18.0. The first-order valence-electron chi connectivity index (χ1n) is 9.68. The lowest BCUT2D eigenvalue weighted by Crippen LogP contribution is -2.37. The van der Waals surface area contributed by atoms with E-state index in [2.05, 4.69) is 39.6 Å². The number of fused-ring (bicyclic) bond motifs is 1. The molecule has 1 fully saturated rings. The fourth-order valence-electron chi connectivity index (χ4n) is 4.06. The third-order valence-corrected chi connectivity index (χ3v) is 5.54. The summed E-state index contributed by atoms with van der Waals surface area (Å²) < 4.78 is 7.39. The standard InChI is InChI=1S/C20H27N5O2/c21-20(26)17-14-23-25-6-5-15(11-19(17)25)12-22-13-16-3-1-2-4-18(16)24-7-9-27-10-8-24/h1-4,14-15,22H,5-13H2,(H2,21,26)/t15-/m1/s1. The Kier molecular flexibility index (Phi) is 5.40. The number of nitrogens with zero attached hydrogens (tertiary/aromatic N) is 3. The van der Waals surface area contributed by atoms with Crippen molar-refractivity contribution in [3.05, 3.63) is 47.3 Å². The second-order valence-electron chi connectivity index (χ2n) is 7.31. The number of nitrogens with one attached hydrogen (secondary N) is 1. The van der Waals surface area contributed by atoms with Crippen molar-refractivity contribution in [3.8, 4) is 0 Å². The Morgan fingerprint density at radius 1 is 1.26 bits per heavy atom. The van der Waals surface area contributed by atoms with Crippen LogP contribution in [0.4, 0.5) is 5.69 Å². The highest BCUT2D eigenvalue weighted by atomic mass is 16.5. The predicted octanol–water partition coefficient (Wildman–Crippen LogP) is 1.17. The SMILES string of the molecule is NC(=O)c1cnn2c1C[C@H](CNCc1ccccc1N1CCOCC1)CC2. The van der Waals surface area contributed by atoms with Crippen LogP contribution in [-0.4, -0.2) is 48.5 Å². The van der Waals surface area contributed by atoms with E-state index in [1.54, 1.807) is 6.20 Å². The molecule has 7 heteroatoms. The van der Waals surface area contributed by atoms with Gasteiger partial charge in [-0.25, -0.2) is 0 Å². The second-order valence-corrected chi connectivity index (χ2v) is 7.31. The van der Waals surface area contributed by atoms with Crippen molar-refractivity contribution in [2.75, 3.05) is 37.7 Å². The van der Waals surface area contributed by atoms with E-state index < -0.39 is 0 Å². The average molecular weight is 369 g/mol. The minimum absolute atomic E-state index is 0.385.